The summed E-state index contributed by atoms with van der Waals surface area (Å²) in [6.07, 6.45) is 8.08. The van der Waals surface area contributed by atoms with Crippen molar-refractivity contribution in [1.82, 2.24) is 15.1 Å². The molecule has 8 aliphatic rings. The van der Waals surface area contributed by atoms with Gasteiger partial charge in [0.2, 0.25) is 0 Å². The molecule has 0 radical (unpaired) electrons. The molecule has 2 N–H and O–H groups in total. The Morgan fingerprint density at radius 3 is 2.37 bits per heavy atom. The molecular weight excluding hydrogens is 646 g/mol. The van der Waals surface area contributed by atoms with Crippen LogP contribution in [0.3, 0.4) is 0 Å². The van der Waals surface area contributed by atoms with E-state index in [1.807, 2.05) is 0 Å². The van der Waals surface area contributed by atoms with Gasteiger partial charge >= 0.3 is 12.2 Å². The second-order valence-electron chi connectivity index (χ2n) is 19.9. The van der Waals surface area contributed by atoms with Crippen LogP contribution in [0.15, 0.2) is 0 Å². The summed E-state index contributed by atoms with van der Waals surface area (Å²) in [4.78, 5) is 30.1. The van der Waals surface area contributed by atoms with Gasteiger partial charge in [-0.15, -0.1) is 0 Å². The Morgan fingerprint density at radius 1 is 1.00 bits per heavy atom. The topological polar surface area (TPSA) is 110 Å². The van der Waals surface area contributed by atoms with E-state index in [9.17, 15) is 14.7 Å². The first-order valence-electron chi connectivity index (χ1n) is 20.6. The smallest absolute Gasteiger partial charge is 0.410 e. The summed E-state index contributed by atoms with van der Waals surface area (Å²) in [6.45, 7) is 21.0. The Bertz CT molecular complexity index is 1370. The lowest BCUT2D eigenvalue weighted by atomic mass is 9.41. The number of nitrogens with one attached hydrogen (secondary N) is 1. The molecule has 0 aromatic heterocycles. The summed E-state index contributed by atoms with van der Waals surface area (Å²) in [7, 11) is 1.75. The van der Waals surface area contributed by atoms with Gasteiger partial charge in [0.25, 0.3) is 0 Å². The average Bonchev–Trinajstić information content (AvgIpc) is 3.66. The number of fused-ring (bicyclic) bond motifs is 4. The first kappa shape index (κ1) is 36.4. The molecule has 8 fully saturated rings. The minimum atomic E-state index is -0.555. The molecule has 2 spiro atoms. The van der Waals surface area contributed by atoms with E-state index in [0.717, 1.165) is 77.7 Å². The molecule has 2 amide bonds. The van der Waals surface area contributed by atoms with Crippen LogP contribution in [0.25, 0.3) is 0 Å². The molecule has 51 heavy (non-hydrogen) atoms. The number of aliphatic hydroxyl groups excluding tert-OH is 1. The Kier molecular flexibility index (Phi) is 8.88. The lowest BCUT2D eigenvalue weighted by Crippen LogP contribution is -2.60. The van der Waals surface area contributed by atoms with E-state index in [2.05, 4.69) is 58.7 Å². The average molecular weight is 714 g/mol. The Balaban J connectivity index is 0.963. The monoisotopic (exact) mass is 713 g/mol. The number of nitrogens with zero attached hydrogens (tertiary/aromatic N) is 2. The molecule has 8 rings (SSSR count). The van der Waals surface area contributed by atoms with Crippen LogP contribution in [0.1, 0.15) is 106 Å². The molecule has 3 heterocycles. The van der Waals surface area contributed by atoms with Gasteiger partial charge in [0.1, 0.15) is 12.2 Å². The van der Waals surface area contributed by atoms with Crippen LogP contribution in [0.5, 0.6) is 0 Å². The maximum Gasteiger partial charge on any atom is 0.410 e. The zero-order chi connectivity index (χ0) is 36.3. The van der Waals surface area contributed by atoms with Crippen molar-refractivity contribution in [3.8, 4) is 0 Å². The number of hydrogen-bond acceptors (Lipinski definition) is 8. The highest BCUT2D eigenvalue weighted by molar-refractivity contribution is 5.68. The van der Waals surface area contributed by atoms with E-state index in [0.29, 0.717) is 30.4 Å². The molecule has 5 aliphatic carbocycles. The fraction of sp³-hybridized carbons (Fsp3) is 0.951. The normalized spacial score (nSPS) is 47.4. The van der Waals surface area contributed by atoms with Crippen LogP contribution in [0.4, 0.5) is 9.59 Å². The maximum atomic E-state index is 13.0. The van der Waals surface area contributed by atoms with Gasteiger partial charge in [0, 0.05) is 57.2 Å². The van der Waals surface area contributed by atoms with Crippen LogP contribution >= 0.6 is 0 Å². The molecule has 288 valence electrons. The zero-order valence-electron chi connectivity index (χ0n) is 32.7. The fourth-order valence-electron chi connectivity index (χ4n) is 14.4. The van der Waals surface area contributed by atoms with Crippen LogP contribution in [-0.4, -0.2) is 110 Å². The highest BCUT2D eigenvalue weighted by atomic mass is 16.6. The summed E-state index contributed by atoms with van der Waals surface area (Å²) >= 11 is 0. The summed E-state index contributed by atoms with van der Waals surface area (Å²) in [5.41, 5.74) is 0.102. The van der Waals surface area contributed by atoms with Gasteiger partial charge in [-0.05, 0) is 104 Å². The summed E-state index contributed by atoms with van der Waals surface area (Å²) in [5.74, 6) is 1.71. The largest absolute Gasteiger partial charge is 0.446 e. The summed E-state index contributed by atoms with van der Waals surface area (Å²) < 4.78 is 24.8. The van der Waals surface area contributed by atoms with Gasteiger partial charge in [-0.25, -0.2) is 9.59 Å². The maximum absolute atomic E-state index is 13.0. The van der Waals surface area contributed by atoms with Crippen molar-refractivity contribution in [3.05, 3.63) is 0 Å². The highest BCUT2D eigenvalue weighted by Crippen LogP contribution is 2.89. The van der Waals surface area contributed by atoms with Gasteiger partial charge in [-0.3, -0.25) is 4.90 Å². The molecule has 4 unspecified atom stereocenters. The quantitative estimate of drug-likeness (QED) is 0.311. The van der Waals surface area contributed by atoms with Crippen LogP contribution in [-0.2, 0) is 18.9 Å². The second kappa shape index (κ2) is 12.5. The highest BCUT2D eigenvalue weighted by Gasteiger charge is 2.84. The lowest BCUT2D eigenvalue weighted by molar-refractivity contribution is -0.185. The molecule has 5 saturated carbocycles. The number of hydrogen-bond donors (Lipinski definition) is 2. The number of aliphatic hydroxyl groups is 1. The van der Waals surface area contributed by atoms with Gasteiger partial charge in [0.15, 0.2) is 0 Å². The number of methoxy groups -OCH3 is 1. The standard InChI is InChI=1S/C41H67N3O7/c1-24(2)32(51-36(47)44-17-9-18-44)27-20-25(3)31-33(49-27)34(45)39(7)29-11-10-28-37(4,5)30(50-35(46)42-16-19-43-21-26(22-43)48-8)12-13-40(28)23-41(29,40)15-14-38(31,39)6/h24-34,45H,9-23H2,1-8H3,(H,42,46)/t25-,27?,28+,29?,30+,31+,32-,33?,34+,38-,39-,40-,41?/m1/s1. The molecule has 10 heteroatoms. The molecule has 13 atom stereocenters. The number of carbonyl (C=O) groups is 2. The first-order valence-corrected chi connectivity index (χ1v) is 20.6. The number of alkyl carbamates (subject to hydrolysis) is 1. The van der Waals surface area contributed by atoms with Gasteiger partial charge in [-0.2, -0.15) is 0 Å². The fourth-order valence-corrected chi connectivity index (χ4v) is 14.4. The van der Waals surface area contributed by atoms with Gasteiger partial charge < -0.3 is 34.3 Å². The molecule has 3 saturated heterocycles. The molecule has 0 bridgehead atoms. The van der Waals surface area contributed by atoms with Crippen molar-refractivity contribution in [3.63, 3.8) is 0 Å². The van der Waals surface area contributed by atoms with E-state index in [1.54, 1.807) is 12.0 Å². The van der Waals surface area contributed by atoms with Gasteiger partial charge in [-0.1, -0.05) is 48.5 Å². The summed E-state index contributed by atoms with van der Waals surface area (Å²) in [5, 5.41) is 15.7. The molecule has 0 aromatic carbocycles. The molecule has 3 aliphatic heterocycles. The Hall–Kier alpha value is -1.62. The minimum absolute atomic E-state index is 0.0237. The molecule has 10 nitrogen and oxygen atoms in total. The predicted molar refractivity (Wildman–Crippen MR) is 193 cm³/mol. The molecule has 0 aromatic rings. The SMILES string of the molecule is COC1CN(CCNC(=O)O[C@H]2CC[C@]34CC35CC[C@]3(C)[C@@H]6C(OC([C@H](OC(=O)N7CCC7)C(C)C)C[C@H]6C)[C@H](O)[C@@]3(C)C5CC[C@H]4C2(C)C)C1. The predicted octanol–water partition coefficient (Wildman–Crippen LogP) is 6.09. The number of ether oxygens (including phenoxy) is 4. The van der Waals surface area contributed by atoms with Crippen molar-refractivity contribution in [1.29, 1.82) is 0 Å². The third kappa shape index (κ3) is 5.13. The number of amides is 2. The Labute approximate surface area is 306 Å². The number of likely N-dealkylation sites (tertiary alicyclic amines) is 2. The lowest BCUT2D eigenvalue weighted by Gasteiger charge is -2.63. The van der Waals surface area contributed by atoms with Crippen molar-refractivity contribution in [2.24, 2.45) is 56.7 Å². The zero-order valence-corrected chi connectivity index (χ0v) is 32.7. The molecular formula is C41H67N3O7. The van der Waals surface area contributed by atoms with Crippen molar-refractivity contribution < 1.29 is 33.6 Å². The third-order valence-corrected chi connectivity index (χ3v) is 17.3. The van der Waals surface area contributed by atoms with E-state index >= 15 is 0 Å². The second-order valence-corrected chi connectivity index (χ2v) is 19.9. The van der Waals surface area contributed by atoms with E-state index in [4.69, 9.17) is 18.9 Å². The summed E-state index contributed by atoms with van der Waals surface area (Å²) in [6, 6.07) is 0. The number of carbonyl (C=O) groups excluding carboxylic acids is 2. The van der Waals surface area contributed by atoms with E-state index < -0.39 is 6.10 Å². The van der Waals surface area contributed by atoms with Crippen LogP contribution < -0.4 is 5.32 Å². The van der Waals surface area contributed by atoms with Gasteiger partial charge in [0.05, 0.1) is 24.4 Å². The van der Waals surface area contributed by atoms with Crippen molar-refractivity contribution >= 4 is 12.2 Å². The van der Waals surface area contributed by atoms with Crippen molar-refractivity contribution in [2.75, 3.05) is 46.4 Å². The van der Waals surface area contributed by atoms with E-state index in [1.165, 1.54) is 12.8 Å². The third-order valence-electron chi connectivity index (χ3n) is 17.3. The van der Waals surface area contributed by atoms with Crippen LogP contribution in [0.2, 0.25) is 0 Å². The van der Waals surface area contributed by atoms with Crippen molar-refractivity contribution in [2.45, 2.75) is 143 Å². The minimum Gasteiger partial charge on any atom is -0.446 e. The van der Waals surface area contributed by atoms with Crippen LogP contribution in [0, 0.1) is 56.7 Å². The first-order chi connectivity index (χ1) is 24.1. The Morgan fingerprint density at radius 2 is 1.71 bits per heavy atom. The van der Waals surface area contributed by atoms with E-state index in [-0.39, 0.29) is 75.5 Å². The number of rotatable bonds is 8.